The van der Waals surface area contributed by atoms with E-state index in [0.29, 0.717) is 5.13 Å². The van der Waals surface area contributed by atoms with Gasteiger partial charge in [0.1, 0.15) is 5.01 Å². The molecular formula is C13H17N3OS2. The lowest BCUT2D eigenvalue weighted by Crippen LogP contribution is -2.11. The monoisotopic (exact) mass is 295 g/mol. The van der Waals surface area contributed by atoms with Crippen LogP contribution in [0.15, 0.2) is 11.4 Å². The molecule has 1 amide bonds. The molecule has 0 fully saturated rings. The molecule has 0 atom stereocenters. The first kappa shape index (κ1) is 14.1. The van der Waals surface area contributed by atoms with Crippen LogP contribution in [0.3, 0.4) is 0 Å². The minimum atomic E-state index is -0.0940. The van der Waals surface area contributed by atoms with Crippen molar-refractivity contribution in [2.75, 3.05) is 5.32 Å². The molecule has 1 N–H and O–H groups in total. The molecule has 6 heteroatoms. The molecule has 2 aromatic rings. The number of hydrogen-bond acceptors (Lipinski definition) is 5. The lowest BCUT2D eigenvalue weighted by molar-refractivity contribution is 0.102. The first-order valence-electron chi connectivity index (χ1n) is 6.13. The van der Waals surface area contributed by atoms with Crippen molar-refractivity contribution >= 4 is 33.7 Å². The minimum Gasteiger partial charge on any atom is -0.296 e. The highest BCUT2D eigenvalue weighted by atomic mass is 32.1. The molecule has 0 saturated heterocycles. The quantitative estimate of drug-likeness (QED) is 0.939. The molecule has 0 aliphatic rings. The molecule has 102 valence electrons. The molecule has 0 aliphatic heterocycles. The molecule has 0 spiro atoms. The number of hydrogen-bond donors (Lipinski definition) is 1. The van der Waals surface area contributed by atoms with Crippen molar-refractivity contribution in [2.45, 2.75) is 39.5 Å². The summed E-state index contributed by atoms with van der Waals surface area (Å²) in [5.74, 6) is -0.0940. The van der Waals surface area contributed by atoms with Crippen LogP contribution in [0.5, 0.6) is 0 Å². The molecule has 0 bridgehead atoms. The van der Waals surface area contributed by atoms with Gasteiger partial charge < -0.3 is 0 Å². The number of anilines is 1. The number of rotatable bonds is 3. The van der Waals surface area contributed by atoms with E-state index in [9.17, 15) is 4.79 Å². The number of aryl methyl sites for hydroxylation is 1. The summed E-state index contributed by atoms with van der Waals surface area (Å²) in [4.78, 5) is 12.9. The zero-order valence-electron chi connectivity index (χ0n) is 11.5. The lowest BCUT2D eigenvalue weighted by Gasteiger charge is -2.12. The molecule has 2 aromatic heterocycles. The lowest BCUT2D eigenvalue weighted by atomic mass is 9.98. The van der Waals surface area contributed by atoms with Crippen molar-refractivity contribution in [1.29, 1.82) is 0 Å². The summed E-state index contributed by atoms with van der Waals surface area (Å²) >= 11 is 2.89. The summed E-state index contributed by atoms with van der Waals surface area (Å²) in [6, 6.07) is 1.99. The van der Waals surface area contributed by atoms with E-state index >= 15 is 0 Å². The summed E-state index contributed by atoms with van der Waals surface area (Å²) in [5, 5.41) is 14.4. The third-order valence-corrected chi connectivity index (χ3v) is 4.84. The highest BCUT2D eigenvalue weighted by Gasteiger charge is 2.21. The van der Waals surface area contributed by atoms with Crippen LogP contribution in [-0.2, 0) is 11.8 Å². The molecular weight excluding hydrogens is 278 g/mol. The third kappa shape index (κ3) is 3.19. The largest absolute Gasteiger partial charge is 0.296 e. The maximum Gasteiger partial charge on any atom is 0.267 e. The number of nitrogens with one attached hydrogen (secondary N) is 1. The maximum atomic E-state index is 12.2. The van der Waals surface area contributed by atoms with E-state index in [4.69, 9.17) is 0 Å². The second-order valence-corrected chi connectivity index (χ2v) is 7.14. The zero-order valence-corrected chi connectivity index (χ0v) is 13.1. The van der Waals surface area contributed by atoms with E-state index < -0.39 is 0 Å². The number of amides is 1. The number of nitrogens with zero attached hydrogens (tertiary/aromatic N) is 2. The molecule has 0 saturated carbocycles. The van der Waals surface area contributed by atoms with Gasteiger partial charge in [0.2, 0.25) is 5.13 Å². The molecule has 0 aromatic carbocycles. The van der Waals surface area contributed by atoms with Crippen LogP contribution >= 0.6 is 22.7 Å². The number of carbonyl (C=O) groups is 1. The molecule has 2 heterocycles. The second kappa shape index (κ2) is 5.38. The van der Waals surface area contributed by atoms with Crippen LogP contribution < -0.4 is 5.32 Å². The van der Waals surface area contributed by atoms with Gasteiger partial charge in [-0.2, -0.15) is 0 Å². The van der Waals surface area contributed by atoms with E-state index in [0.717, 1.165) is 21.9 Å². The van der Waals surface area contributed by atoms with Crippen molar-refractivity contribution in [3.63, 3.8) is 0 Å². The Labute approximate surface area is 120 Å². The second-order valence-electron chi connectivity index (χ2n) is 5.25. The van der Waals surface area contributed by atoms with Crippen LogP contribution in [0.1, 0.15) is 47.9 Å². The van der Waals surface area contributed by atoms with E-state index in [1.807, 2.05) is 18.4 Å². The van der Waals surface area contributed by atoms with Crippen molar-refractivity contribution in [2.24, 2.45) is 0 Å². The van der Waals surface area contributed by atoms with Gasteiger partial charge in [-0.25, -0.2) is 0 Å². The molecule has 0 radical (unpaired) electrons. The smallest absolute Gasteiger partial charge is 0.267 e. The van der Waals surface area contributed by atoms with Gasteiger partial charge in [-0.3, -0.25) is 10.1 Å². The van der Waals surface area contributed by atoms with Crippen LogP contribution in [0.4, 0.5) is 5.13 Å². The van der Waals surface area contributed by atoms with Crippen LogP contribution in [-0.4, -0.2) is 16.1 Å². The van der Waals surface area contributed by atoms with Gasteiger partial charge in [-0.15, -0.1) is 21.5 Å². The molecule has 2 rings (SSSR count). The fourth-order valence-corrected chi connectivity index (χ4v) is 3.23. The third-order valence-electron chi connectivity index (χ3n) is 2.62. The Bertz CT molecular complexity index is 581. The molecule has 19 heavy (non-hydrogen) atoms. The van der Waals surface area contributed by atoms with Gasteiger partial charge >= 0.3 is 0 Å². The van der Waals surface area contributed by atoms with Gasteiger partial charge in [0, 0.05) is 5.41 Å². The Morgan fingerprint density at radius 1 is 1.37 bits per heavy atom. The highest BCUT2D eigenvalue weighted by Crippen LogP contribution is 2.28. The minimum absolute atomic E-state index is 0.0435. The topological polar surface area (TPSA) is 54.9 Å². The number of carbonyl (C=O) groups excluding carboxylic acids is 1. The average Bonchev–Trinajstić information content (AvgIpc) is 2.95. The van der Waals surface area contributed by atoms with E-state index in [-0.39, 0.29) is 11.3 Å². The Balaban J connectivity index is 2.14. The fraction of sp³-hybridized carbons (Fsp3) is 0.462. The van der Waals surface area contributed by atoms with Crippen LogP contribution in [0.2, 0.25) is 0 Å². The Kier molecular flexibility index (Phi) is 4.01. The standard InChI is InChI=1S/C13H17N3OS2/c1-5-8-6-7-18-9(8)10(17)14-12-16-15-11(19-12)13(2,3)4/h6-7H,5H2,1-4H3,(H,14,16,17). The summed E-state index contributed by atoms with van der Waals surface area (Å²) < 4.78 is 0. The summed E-state index contributed by atoms with van der Waals surface area (Å²) in [5.41, 5.74) is 1.03. The summed E-state index contributed by atoms with van der Waals surface area (Å²) in [6.07, 6.45) is 0.857. The molecule has 0 unspecified atom stereocenters. The predicted octanol–water partition coefficient (Wildman–Crippen LogP) is 3.71. The summed E-state index contributed by atoms with van der Waals surface area (Å²) in [6.45, 7) is 8.27. The number of thiophene rings is 1. The van der Waals surface area contributed by atoms with Crippen molar-refractivity contribution < 1.29 is 4.79 Å². The van der Waals surface area contributed by atoms with Crippen LogP contribution in [0.25, 0.3) is 0 Å². The van der Waals surface area contributed by atoms with Crippen molar-refractivity contribution in [3.8, 4) is 0 Å². The zero-order chi connectivity index (χ0) is 14.0. The normalized spacial score (nSPS) is 11.6. The molecule has 4 nitrogen and oxygen atoms in total. The first-order valence-corrected chi connectivity index (χ1v) is 7.83. The SMILES string of the molecule is CCc1ccsc1C(=O)Nc1nnc(C(C)(C)C)s1. The van der Waals surface area contributed by atoms with Gasteiger partial charge in [0.15, 0.2) is 0 Å². The van der Waals surface area contributed by atoms with Gasteiger partial charge in [0.25, 0.3) is 5.91 Å². The van der Waals surface area contributed by atoms with Gasteiger partial charge in [-0.1, -0.05) is 39.0 Å². The predicted molar refractivity (Wildman–Crippen MR) is 80.3 cm³/mol. The first-order chi connectivity index (χ1) is 8.91. The Morgan fingerprint density at radius 3 is 2.68 bits per heavy atom. The van der Waals surface area contributed by atoms with Crippen molar-refractivity contribution in [1.82, 2.24) is 10.2 Å². The Hall–Kier alpha value is -1.27. The van der Waals surface area contributed by atoms with E-state index in [1.165, 1.54) is 22.7 Å². The highest BCUT2D eigenvalue weighted by molar-refractivity contribution is 7.16. The van der Waals surface area contributed by atoms with Gasteiger partial charge in [0.05, 0.1) is 4.88 Å². The maximum absolute atomic E-state index is 12.2. The molecule has 0 aliphatic carbocycles. The fourth-order valence-electron chi connectivity index (χ4n) is 1.54. The average molecular weight is 295 g/mol. The van der Waals surface area contributed by atoms with Crippen molar-refractivity contribution in [3.05, 3.63) is 26.9 Å². The number of aromatic nitrogens is 2. The van der Waals surface area contributed by atoms with E-state index in [2.05, 4.69) is 36.3 Å². The summed E-state index contributed by atoms with van der Waals surface area (Å²) in [7, 11) is 0. The Morgan fingerprint density at radius 2 is 2.11 bits per heavy atom. The van der Waals surface area contributed by atoms with E-state index in [1.54, 1.807) is 0 Å². The van der Waals surface area contributed by atoms with Gasteiger partial charge in [-0.05, 0) is 23.4 Å². The van der Waals surface area contributed by atoms with Crippen LogP contribution in [0, 0.1) is 0 Å².